The van der Waals surface area contributed by atoms with Crippen molar-refractivity contribution in [1.29, 1.82) is 0 Å². The van der Waals surface area contributed by atoms with Crippen LogP contribution in [0.3, 0.4) is 0 Å². The normalized spacial score (nSPS) is 17.6. The average Bonchev–Trinajstić information content (AvgIpc) is 3.13. The van der Waals surface area contributed by atoms with Crippen molar-refractivity contribution >= 4 is 29.7 Å². The van der Waals surface area contributed by atoms with Crippen LogP contribution in [0.15, 0.2) is 29.2 Å². The number of hydrogen-bond acceptors (Lipinski definition) is 6. The quantitative estimate of drug-likeness (QED) is 0.590. The van der Waals surface area contributed by atoms with E-state index in [1.807, 2.05) is 12.1 Å². The predicted molar refractivity (Wildman–Crippen MR) is 93.6 cm³/mol. The zero-order valence-electron chi connectivity index (χ0n) is 14.2. The molecule has 25 heavy (non-hydrogen) atoms. The lowest BCUT2D eigenvalue weighted by atomic mass is 10.2. The number of carbonyl (C=O) groups is 3. The lowest BCUT2D eigenvalue weighted by Crippen LogP contribution is -2.43. The second-order valence-electron chi connectivity index (χ2n) is 5.56. The Labute approximate surface area is 150 Å². The van der Waals surface area contributed by atoms with Crippen molar-refractivity contribution < 1.29 is 23.9 Å². The minimum absolute atomic E-state index is 0.200. The maximum Gasteiger partial charge on any atom is 0.340 e. The van der Waals surface area contributed by atoms with Gasteiger partial charge in [0.25, 0.3) is 5.91 Å². The lowest BCUT2D eigenvalue weighted by molar-refractivity contribution is -0.127. The van der Waals surface area contributed by atoms with E-state index in [1.165, 1.54) is 25.7 Å². The van der Waals surface area contributed by atoms with Crippen LogP contribution in [0, 0.1) is 0 Å². The van der Waals surface area contributed by atoms with Crippen molar-refractivity contribution in [3.8, 4) is 0 Å². The van der Waals surface area contributed by atoms with E-state index in [2.05, 4.69) is 10.6 Å². The van der Waals surface area contributed by atoms with Crippen molar-refractivity contribution in [2.24, 2.45) is 0 Å². The summed E-state index contributed by atoms with van der Waals surface area (Å²) in [4.78, 5) is 36.1. The maximum absolute atomic E-state index is 12.4. The summed E-state index contributed by atoms with van der Waals surface area (Å²) in [6.45, 7) is 2.20. The van der Waals surface area contributed by atoms with Crippen molar-refractivity contribution in [2.75, 3.05) is 19.4 Å². The highest BCUT2D eigenvalue weighted by molar-refractivity contribution is 7.99. The first kappa shape index (κ1) is 19.3. The Morgan fingerprint density at radius 2 is 2.12 bits per heavy atom. The number of nitrogens with one attached hydrogen (secondary N) is 2. The van der Waals surface area contributed by atoms with E-state index < -0.39 is 24.0 Å². The fraction of sp³-hybridized carbons (Fsp3) is 0.471. The van der Waals surface area contributed by atoms with Gasteiger partial charge in [0.1, 0.15) is 0 Å². The summed E-state index contributed by atoms with van der Waals surface area (Å²) in [6, 6.07) is 6.42. The summed E-state index contributed by atoms with van der Waals surface area (Å²) in [5, 5.41) is 4.34. The standard InChI is InChI=1S/C17H22N2O5S/c1-11(15(20)19-17(22)18-2)24-16(21)13-7-3-4-8-14(13)25-10-12-6-5-9-23-12/h3-4,7-8,11-12H,5-6,9-10H2,1-2H3,(H2,18,19,20,22)/t11-,12-/m0/s1. The van der Waals surface area contributed by atoms with Gasteiger partial charge in [-0.05, 0) is 31.9 Å². The Morgan fingerprint density at radius 1 is 1.36 bits per heavy atom. The van der Waals surface area contributed by atoms with Crippen LogP contribution in [0.25, 0.3) is 0 Å². The van der Waals surface area contributed by atoms with Gasteiger partial charge >= 0.3 is 12.0 Å². The van der Waals surface area contributed by atoms with Gasteiger partial charge in [-0.1, -0.05) is 12.1 Å². The zero-order chi connectivity index (χ0) is 18.2. The molecule has 2 N–H and O–H groups in total. The fourth-order valence-corrected chi connectivity index (χ4v) is 3.38. The molecule has 2 atom stereocenters. The molecule has 1 saturated heterocycles. The molecule has 2 rings (SSSR count). The third-order valence-corrected chi connectivity index (χ3v) is 4.88. The molecule has 7 nitrogen and oxygen atoms in total. The number of thioether (sulfide) groups is 1. The van der Waals surface area contributed by atoms with E-state index in [4.69, 9.17) is 9.47 Å². The number of carbonyl (C=O) groups excluding carboxylic acids is 3. The van der Waals surface area contributed by atoms with E-state index >= 15 is 0 Å². The molecule has 8 heteroatoms. The van der Waals surface area contributed by atoms with Crippen LogP contribution in [0.4, 0.5) is 4.79 Å². The SMILES string of the molecule is CNC(=O)NC(=O)[C@H](C)OC(=O)c1ccccc1SC[C@@H]1CCCO1. The molecular formula is C17H22N2O5S. The summed E-state index contributed by atoms with van der Waals surface area (Å²) in [6.07, 6.45) is 1.20. The molecule has 1 heterocycles. The highest BCUT2D eigenvalue weighted by Gasteiger charge is 2.23. The monoisotopic (exact) mass is 366 g/mol. The summed E-state index contributed by atoms with van der Waals surface area (Å²) >= 11 is 1.53. The van der Waals surface area contributed by atoms with E-state index in [9.17, 15) is 14.4 Å². The summed E-state index contributed by atoms with van der Waals surface area (Å²) in [7, 11) is 1.39. The summed E-state index contributed by atoms with van der Waals surface area (Å²) in [5.41, 5.74) is 0.394. The number of benzene rings is 1. The Balaban J connectivity index is 1.96. The van der Waals surface area contributed by atoms with Crippen molar-refractivity contribution in [1.82, 2.24) is 10.6 Å². The molecule has 1 aromatic carbocycles. The van der Waals surface area contributed by atoms with Crippen LogP contribution < -0.4 is 10.6 Å². The first-order valence-electron chi connectivity index (χ1n) is 8.08. The third kappa shape index (κ3) is 5.75. The Kier molecular flexibility index (Phi) is 7.27. The number of urea groups is 1. The predicted octanol–water partition coefficient (Wildman–Crippen LogP) is 1.96. The molecule has 1 aromatic rings. The Bertz CT molecular complexity index is 631. The summed E-state index contributed by atoms with van der Waals surface area (Å²) in [5.74, 6) is -0.524. The van der Waals surface area contributed by atoms with Gasteiger partial charge in [-0.2, -0.15) is 0 Å². The van der Waals surface area contributed by atoms with Gasteiger partial charge in [0.05, 0.1) is 11.7 Å². The minimum atomic E-state index is -1.08. The van der Waals surface area contributed by atoms with E-state index in [0.29, 0.717) is 5.56 Å². The van der Waals surface area contributed by atoms with Crippen molar-refractivity contribution in [2.45, 2.75) is 36.9 Å². The molecule has 1 fully saturated rings. The topological polar surface area (TPSA) is 93.7 Å². The first-order chi connectivity index (χ1) is 12.0. The molecule has 1 aliphatic heterocycles. The number of rotatable bonds is 6. The molecule has 0 saturated carbocycles. The van der Waals surface area contributed by atoms with E-state index in [0.717, 1.165) is 30.1 Å². The van der Waals surface area contributed by atoms with Gasteiger partial charge in [-0.3, -0.25) is 10.1 Å². The van der Waals surface area contributed by atoms with Crippen LogP contribution in [-0.4, -0.2) is 49.5 Å². The Morgan fingerprint density at radius 3 is 2.80 bits per heavy atom. The highest BCUT2D eigenvalue weighted by atomic mass is 32.2. The largest absolute Gasteiger partial charge is 0.449 e. The molecule has 0 unspecified atom stereocenters. The van der Waals surface area contributed by atoms with Gasteiger partial charge in [-0.15, -0.1) is 11.8 Å². The molecule has 136 valence electrons. The van der Waals surface area contributed by atoms with Crippen LogP contribution in [0.1, 0.15) is 30.1 Å². The maximum atomic E-state index is 12.4. The molecule has 0 spiro atoms. The van der Waals surface area contributed by atoms with Crippen LogP contribution in [-0.2, 0) is 14.3 Å². The third-order valence-electron chi connectivity index (χ3n) is 3.67. The summed E-state index contributed by atoms with van der Waals surface area (Å²) < 4.78 is 10.8. The number of hydrogen-bond donors (Lipinski definition) is 2. The first-order valence-corrected chi connectivity index (χ1v) is 9.06. The number of ether oxygens (including phenoxy) is 2. The molecular weight excluding hydrogens is 344 g/mol. The molecule has 0 aromatic heterocycles. The lowest BCUT2D eigenvalue weighted by Gasteiger charge is -2.15. The van der Waals surface area contributed by atoms with Gasteiger partial charge in [-0.25, -0.2) is 9.59 Å². The zero-order valence-corrected chi connectivity index (χ0v) is 15.1. The van der Waals surface area contributed by atoms with Crippen LogP contribution in [0.5, 0.6) is 0 Å². The molecule has 0 bridgehead atoms. The van der Waals surface area contributed by atoms with E-state index in [-0.39, 0.29) is 6.10 Å². The second kappa shape index (κ2) is 9.43. The van der Waals surface area contributed by atoms with Gasteiger partial charge in [0, 0.05) is 24.3 Å². The highest BCUT2D eigenvalue weighted by Crippen LogP contribution is 2.27. The number of esters is 1. The number of imide groups is 1. The van der Waals surface area contributed by atoms with Gasteiger partial charge in [0.15, 0.2) is 6.10 Å². The molecule has 0 radical (unpaired) electrons. The number of amides is 3. The van der Waals surface area contributed by atoms with Crippen molar-refractivity contribution in [3.05, 3.63) is 29.8 Å². The van der Waals surface area contributed by atoms with Crippen LogP contribution >= 0.6 is 11.8 Å². The fourth-order valence-electron chi connectivity index (χ4n) is 2.27. The molecule has 1 aliphatic rings. The molecule has 0 aliphatic carbocycles. The van der Waals surface area contributed by atoms with Crippen molar-refractivity contribution in [3.63, 3.8) is 0 Å². The average molecular weight is 366 g/mol. The molecule has 3 amide bonds. The smallest absolute Gasteiger partial charge is 0.340 e. The second-order valence-corrected chi connectivity index (χ2v) is 6.62. The minimum Gasteiger partial charge on any atom is -0.449 e. The Hall–Kier alpha value is -2.06. The van der Waals surface area contributed by atoms with Gasteiger partial charge in [0.2, 0.25) is 0 Å². The van der Waals surface area contributed by atoms with Gasteiger partial charge < -0.3 is 14.8 Å². The van der Waals surface area contributed by atoms with E-state index in [1.54, 1.807) is 12.1 Å². The van der Waals surface area contributed by atoms with Crippen LogP contribution in [0.2, 0.25) is 0 Å².